The van der Waals surface area contributed by atoms with Gasteiger partial charge in [-0.15, -0.1) is 0 Å². The first-order valence-electron chi connectivity index (χ1n) is 8.41. The van der Waals surface area contributed by atoms with Crippen LogP contribution < -0.4 is 5.63 Å². The van der Waals surface area contributed by atoms with Gasteiger partial charge in [0, 0.05) is 34.0 Å². The molecule has 0 amide bonds. The Morgan fingerprint density at radius 2 is 1.31 bits per heavy atom. The van der Waals surface area contributed by atoms with Crippen molar-refractivity contribution in [2.45, 2.75) is 0 Å². The fourth-order valence-electron chi connectivity index (χ4n) is 3.34. The molecule has 0 radical (unpaired) electrons. The van der Waals surface area contributed by atoms with Gasteiger partial charge in [0.2, 0.25) is 0 Å². The first-order chi connectivity index (χ1) is 12.8. The normalized spacial score (nSPS) is 11.2. The highest BCUT2D eigenvalue weighted by Gasteiger charge is 2.18. The van der Waals surface area contributed by atoms with E-state index in [0.29, 0.717) is 11.2 Å². The molecule has 0 atom stereocenters. The molecule has 0 aliphatic rings. The lowest BCUT2D eigenvalue weighted by Crippen LogP contribution is -1.93. The molecule has 0 saturated heterocycles. The van der Waals surface area contributed by atoms with Crippen LogP contribution in [0.4, 0.5) is 0 Å². The fourth-order valence-corrected chi connectivity index (χ4v) is 3.34. The van der Waals surface area contributed by atoms with Crippen LogP contribution in [0.25, 0.3) is 44.4 Å². The zero-order valence-corrected chi connectivity index (χ0v) is 13.8. The van der Waals surface area contributed by atoms with Gasteiger partial charge in [0.05, 0.1) is 0 Å². The van der Waals surface area contributed by atoms with Gasteiger partial charge in [0.15, 0.2) is 0 Å². The van der Waals surface area contributed by atoms with Crippen LogP contribution in [0, 0.1) is 0 Å². The Balaban J connectivity index is 1.91. The van der Waals surface area contributed by atoms with Crippen molar-refractivity contribution in [3.05, 3.63) is 95.3 Å². The quantitative estimate of drug-likeness (QED) is 0.378. The van der Waals surface area contributed by atoms with Gasteiger partial charge >= 0.3 is 5.63 Å². The highest BCUT2D eigenvalue weighted by molar-refractivity contribution is 6.06. The Bertz CT molecular complexity index is 1280. The summed E-state index contributed by atoms with van der Waals surface area (Å²) < 4.78 is 11.5. The summed E-state index contributed by atoms with van der Waals surface area (Å²) in [5.41, 5.74) is 3.99. The SMILES string of the molecule is O=c1ccc2cc3c(-c4ccccc4)c(-c4ccccc4)oc3cc2o1. The fraction of sp³-hybridized carbons (Fsp3) is 0. The molecule has 2 aromatic heterocycles. The molecule has 0 N–H and O–H groups in total. The largest absolute Gasteiger partial charge is 0.455 e. The molecule has 0 aliphatic heterocycles. The third-order valence-corrected chi connectivity index (χ3v) is 4.53. The van der Waals surface area contributed by atoms with Gasteiger partial charge in [-0.2, -0.15) is 0 Å². The maximum atomic E-state index is 11.5. The van der Waals surface area contributed by atoms with Crippen molar-refractivity contribution in [3.63, 3.8) is 0 Å². The van der Waals surface area contributed by atoms with Crippen molar-refractivity contribution in [2.75, 3.05) is 0 Å². The van der Waals surface area contributed by atoms with Crippen molar-refractivity contribution < 1.29 is 8.83 Å². The molecule has 124 valence electrons. The number of hydrogen-bond donors (Lipinski definition) is 0. The van der Waals surface area contributed by atoms with Crippen LogP contribution in [0.5, 0.6) is 0 Å². The first-order valence-corrected chi connectivity index (χ1v) is 8.41. The lowest BCUT2D eigenvalue weighted by molar-refractivity contribution is 0.559. The summed E-state index contributed by atoms with van der Waals surface area (Å²) in [4.78, 5) is 11.5. The van der Waals surface area contributed by atoms with Gasteiger partial charge < -0.3 is 8.83 Å². The van der Waals surface area contributed by atoms with Crippen molar-refractivity contribution in [1.82, 2.24) is 0 Å². The second kappa shape index (κ2) is 5.74. The number of furan rings is 1. The summed E-state index contributed by atoms with van der Waals surface area (Å²) >= 11 is 0. The molecule has 0 spiro atoms. The van der Waals surface area contributed by atoms with Crippen molar-refractivity contribution >= 4 is 21.9 Å². The van der Waals surface area contributed by atoms with Gasteiger partial charge in [-0.3, -0.25) is 0 Å². The number of hydrogen-bond acceptors (Lipinski definition) is 3. The molecule has 0 saturated carbocycles. The summed E-state index contributed by atoms with van der Waals surface area (Å²) in [7, 11) is 0. The summed E-state index contributed by atoms with van der Waals surface area (Å²) in [5.74, 6) is 0.810. The molecule has 0 aliphatic carbocycles. The number of benzene rings is 3. The molecule has 5 aromatic rings. The highest BCUT2D eigenvalue weighted by Crippen LogP contribution is 2.41. The van der Waals surface area contributed by atoms with Gasteiger partial charge in [-0.05, 0) is 17.7 Å². The molecule has 3 heteroatoms. The van der Waals surface area contributed by atoms with E-state index < -0.39 is 0 Å². The number of fused-ring (bicyclic) bond motifs is 2. The lowest BCUT2D eigenvalue weighted by Gasteiger charge is -2.04. The first kappa shape index (κ1) is 14.7. The molecule has 0 fully saturated rings. The molecule has 3 nitrogen and oxygen atoms in total. The minimum absolute atomic E-state index is 0.366. The van der Waals surface area contributed by atoms with Crippen LogP contribution >= 0.6 is 0 Å². The molecule has 0 bridgehead atoms. The van der Waals surface area contributed by atoms with E-state index in [1.165, 1.54) is 6.07 Å². The van der Waals surface area contributed by atoms with Crippen LogP contribution in [0.3, 0.4) is 0 Å². The lowest BCUT2D eigenvalue weighted by atomic mass is 9.98. The second-order valence-corrected chi connectivity index (χ2v) is 6.18. The van der Waals surface area contributed by atoms with E-state index in [2.05, 4.69) is 12.1 Å². The summed E-state index contributed by atoms with van der Waals surface area (Å²) in [6, 6.07) is 27.3. The van der Waals surface area contributed by atoms with E-state index in [0.717, 1.165) is 33.2 Å². The van der Waals surface area contributed by atoms with Crippen molar-refractivity contribution in [3.8, 4) is 22.5 Å². The van der Waals surface area contributed by atoms with E-state index >= 15 is 0 Å². The third kappa shape index (κ3) is 2.33. The minimum Gasteiger partial charge on any atom is -0.455 e. The Morgan fingerprint density at radius 1 is 0.615 bits per heavy atom. The second-order valence-electron chi connectivity index (χ2n) is 6.18. The van der Waals surface area contributed by atoms with Crippen LogP contribution in [0.2, 0.25) is 0 Å². The predicted molar refractivity (Wildman–Crippen MR) is 103 cm³/mol. The van der Waals surface area contributed by atoms with Gasteiger partial charge in [0.25, 0.3) is 0 Å². The van der Waals surface area contributed by atoms with Crippen LogP contribution in [-0.2, 0) is 0 Å². The highest BCUT2D eigenvalue weighted by atomic mass is 16.4. The van der Waals surface area contributed by atoms with E-state index in [-0.39, 0.29) is 5.63 Å². The van der Waals surface area contributed by atoms with Crippen LogP contribution in [0.15, 0.2) is 98.6 Å². The van der Waals surface area contributed by atoms with Gasteiger partial charge in [-0.1, -0.05) is 60.7 Å². The molecule has 3 aromatic carbocycles. The van der Waals surface area contributed by atoms with E-state index in [1.807, 2.05) is 54.6 Å². The van der Waals surface area contributed by atoms with E-state index in [4.69, 9.17) is 8.83 Å². The zero-order valence-electron chi connectivity index (χ0n) is 13.8. The average molecular weight is 338 g/mol. The van der Waals surface area contributed by atoms with Crippen LogP contribution in [0.1, 0.15) is 0 Å². The van der Waals surface area contributed by atoms with E-state index in [9.17, 15) is 4.79 Å². The maximum absolute atomic E-state index is 11.5. The summed E-state index contributed by atoms with van der Waals surface area (Å²) in [5, 5.41) is 1.87. The molecule has 5 rings (SSSR count). The molecular weight excluding hydrogens is 324 g/mol. The van der Waals surface area contributed by atoms with Gasteiger partial charge in [-0.25, -0.2) is 4.79 Å². The molecule has 2 heterocycles. The number of rotatable bonds is 2. The summed E-state index contributed by atoms with van der Waals surface area (Å²) in [6.45, 7) is 0. The standard InChI is InChI=1S/C23H14O3/c24-21-12-11-17-13-18-20(14-19(17)25-21)26-23(16-9-5-2-6-10-16)22(18)15-7-3-1-4-8-15/h1-14H. The molecule has 0 unspecified atom stereocenters. The smallest absolute Gasteiger partial charge is 0.336 e. The van der Waals surface area contributed by atoms with E-state index in [1.54, 1.807) is 12.1 Å². The monoisotopic (exact) mass is 338 g/mol. The third-order valence-electron chi connectivity index (χ3n) is 4.53. The Labute approximate surface area is 149 Å². The predicted octanol–water partition coefficient (Wildman–Crippen LogP) is 5.87. The topological polar surface area (TPSA) is 43.4 Å². The Kier molecular flexibility index (Phi) is 3.25. The van der Waals surface area contributed by atoms with Crippen molar-refractivity contribution in [2.24, 2.45) is 0 Å². The van der Waals surface area contributed by atoms with Crippen LogP contribution in [-0.4, -0.2) is 0 Å². The Hall–Kier alpha value is -3.59. The molecule has 26 heavy (non-hydrogen) atoms. The maximum Gasteiger partial charge on any atom is 0.336 e. The Morgan fingerprint density at radius 3 is 2.04 bits per heavy atom. The van der Waals surface area contributed by atoms with Crippen molar-refractivity contribution in [1.29, 1.82) is 0 Å². The zero-order chi connectivity index (χ0) is 17.5. The average Bonchev–Trinajstić information content (AvgIpc) is 3.06. The minimum atomic E-state index is -0.366. The summed E-state index contributed by atoms with van der Waals surface area (Å²) in [6.07, 6.45) is 0. The molecular formula is C23H14O3. The van der Waals surface area contributed by atoms with Gasteiger partial charge in [0.1, 0.15) is 16.9 Å².